The first-order chi connectivity index (χ1) is 21.4. The quantitative estimate of drug-likeness (QED) is 0.191. The van der Waals surface area contributed by atoms with E-state index in [2.05, 4.69) is 21.2 Å². The summed E-state index contributed by atoms with van der Waals surface area (Å²) < 4.78 is 35.3. The molecule has 236 valence electrons. The van der Waals surface area contributed by atoms with Crippen molar-refractivity contribution in [3.05, 3.63) is 125 Å². The van der Waals surface area contributed by atoms with Crippen molar-refractivity contribution < 1.29 is 22.7 Å². The van der Waals surface area contributed by atoms with Gasteiger partial charge in [-0.25, -0.2) is 8.42 Å². The molecule has 0 aliphatic rings. The monoisotopic (exact) mass is 691 g/mol. The number of benzene rings is 4. The molecule has 0 fully saturated rings. The fraction of sp³-hybridized carbons (Fsp3) is 0.257. The Hall–Kier alpha value is -4.15. The molecule has 0 radical (unpaired) electrons. The molecule has 8 nitrogen and oxygen atoms in total. The summed E-state index contributed by atoms with van der Waals surface area (Å²) in [6, 6.07) is 30.5. The molecule has 0 aliphatic carbocycles. The van der Waals surface area contributed by atoms with Gasteiger partial charge in [0.2, 0.25) is 11.8 Å². The second-order valence-corrected chi connectivity index (χ2v) is 14.4. The minimum Gasteiger partial charge on any atom is -0.497 e. The topological polar surface area (TPSA) is 96.0 Å². The van der Waals surface area contributed by atoms with Gasteiger partial charge < -0.3 is 15.0 Å². The van der Waals surface area contributed by atoms with Crippen molar-refractivity contribution in [2.75, 3.05) is 18.0 Å². The van der Waals surface area contributed by atoms with Crippen LogP contribution in [0.2, 0.25) is 0 Å². The van der Waals surface area contributed by atoms with E-state index in [1.807, 2.05) is 75.4 Å². The minimum atomic E-state index is -4.20. The van der Waals surface area contributed by atoms with E-state index in [1.54, 1.807) is 42.5 Å². The highest BCUT2D eigenvalue weighted by Gasteiger charge is 2.35. The van der Waals surface area contributed by atoms with Crippen LogP contribution in [-0.4, -0.2) is 50.4 Å². The van der Waals surface area contributed by atoms with E-state index in [4.69, 9.17) is 4.74 Å². The Morgan fingerprint density at radius 3 is 2.02 bits per heavy atom. The van der Waals surface area contributed by atoms with Gasteiger partial charge in [0.15, 0.2) is 0 Å². The van der Waals surface area contributed by atoms with Crippen LogP contribution in [0.1, 0.15) is 31.9 Å². The van der Waals surface area contributed by atoms with Crippen molar-refractivity contribution in [3.8, 4) is 5.75 Å². The molecule has 1 atom stereocenters. The third-order valence-electron chi connectivity index (χ3n) is 6.98. The molecule has 0 unspecified atom stereocenters. The first-order valence-corrected chi connectivity index (χ1v) is 16.7. The summed E-state index contributed by atoms with van der Waals surface area (Å²) in [5.41, 5.74) is 1.40. The number of methoxy groups -OCH3 is 1. The number of carbonyl (C=O) groups is 2. The number of halogens is 1. The number of para-hydroxylation sites is 1. The maximum atomic E-state index is 14.5. The molecule has 2 amide bonds. The van der Waals surface area contributed by atoms with E-state index in [0.717, 1.165) is 19.9 Å². The number of carbonyl (C=O) groups excluding carboxylic acids is 2. The highest BCUT2D eigenvalue weighted by Crippen LogP contribution is 2.26. The van der Waals surface area contributed by atoms with Gasteiger partial charge in [-0.1, -0.05) is 76.6 Å². The van der Waals surface area contributed by atoms with Crippen molar-refractivity contribution in [3.63, 3.8) is 0 Å². The van der Waals surface area contributed by atoms with Crippen molar-refractivity contribution >= 4 is 43.5 Å². The SMILES string of the molecule is COc1ccc(S(=O)(=O)N(CC(=O)N(Cc2cccc(Br)c2)[C@@H](Cc2ccccc2)C(=O)NC(C)(C)C)c2ccccc2)cc1. The Morgan fingerprint density at radius 2 is 1.44 bits per heavy atom. The molecule has 45 heavy (non-hydrogen) atoms. The molecule has 4 aromatic carbocycles. The summed E-state index contributed by atoms with van der Waals surface area (Å²) in [7, 11) is -2.70. The van der Waals surface area contributed by atoms with E-state index in [-0.39, 0.29) is 23.8 Å². The zero-order valence-corrected chi connectivity index (χ0v) is 28.2. The lowest BCUT2D eigenvalue weighted by molar-refractivity contribution is -0.140. The molecule has 0 saturated carbocycles. The number of hydrogen-bond donors (Lipinski definition) is 1. The Balaban J connectivity index is 1.80. The van der Waals surface area contributed by atoms with Crippen LogP contribution < -0.4 is 14.4 Å². The predicted octanol–water partition coefficient (Wildman–Crippen LogP) is 6.21. The maximum Gasteiger partial charge on any atom is 0.264 e. The number of amides is 2. The Bertz CT molecular complexity index is 1690. The van der Waals surface area contributed by atoms with Gasteiger partial charge in [-0.15, -0.1) is 0 Å². The normalized spacial score (nSPS) is 12.2. The van der Waals surface area contributed by atoms with Gasteiger partial charge in [-0.2, -0.15) is 0 Å². The van der Waals surface area contributed by atoms with Gasteiger partial charge in [0.25, 0.3) is 10.0 Å². The van der Waals surface area contributed by atoms with E-state index >= 15 is 0 Å². The molecular weight excluding hydrogens is 654 g/mol. The van der Waals surface area contributed by atoms with Gasteiger partial charge in [-0.3, -0.25) is 13.9 Å². The summed E-state index contributed by atoms with van der Waals surface area (Å²) >= 11 is 3.50. The highest BCUT2D eigenvalue weighted by molar-refractivity contribution is 9.10. The molecular formula is C35H38BrN3O5S. The molecule has 0 saturated heterocycles. The lowest BCUT2D eigenvalue weighted by atomic mass is 10.0. The summed E-state index contributed by atoms with van der Waals surface area (Å²) in [6.07, 6.45) is 0.235. The Morgan fingerprint density at radius 1 is 0.844 bits per heavy atom. The van der Waals surface area contributed by atoms with Crippen molar-refractivity contribution in [1.29, 1.82) is 0 Å². The Labute approximate surface area is 274 Å². The molecule has 0 aliphatic heterocycles. The maximum absolute atomic E-state index is 14.5. The predicted molar refractivity (Wildman–Crippen MR) is 180 cm³/mol. The van der Waals surface area contributed by atoms with Crippen LogP contribution in [0.3, 0.4) is 0 Å². The first kappa shape index (κ1) is 33.7. The number of nitrogens with zero attached hydrogens (tertiary/aromatic N) is 2. The number of hydrogen-bond acceptors (Lipinski definition) is 5. The first-order valence-electron chi connectivity index (χ1n) is 14.5. The third kappa shape index (κ3) is 9.18. The summed E-state index contributed by atoms with van der Waals surface area (Å²) in [6.45, 7) is 5.19. The second kappa shape index (κ2) is 14.8. The molecule has 10 heteroatoms. The second-order valence-electron chi connectivity index (χ2n) is 11.6. The van der Waals surface area contributed by atoms with Gasteiger partial charge in [-0.05, 0) is 80.4 Å². The van der Waals surface area contributed by atoms with E-state index in [1.165, 1.54) is 24.1 Å². The fourth-order valence-electron chi connectivity index (χ4n) is 4.84. The van der Waals surface area contributed by atoms with Crippen LogP contribution in [0.15, 0.2) is 119 Å². The average molecular weight is 693 g/mol. The van der Waals surface area contributed by atoms with Crippen LogP contribution in [0.4, 0.5) is 5.69 Å². The summed E-state index contributed by atoms with van der Waals surface area (Å²) in [4.78, 5) is 29.9. The van der Waals surface area contributed by atoms with Crippen molar-refractivity contribution in [2.45, 2.75) is 50.2 Å². The van der Waals surface area contributed by atoms with Crippen molar-refractivity contribution in [1.82, 2.24) is 10.2 Å². The van der Waals surface area contributed by atoms with Crippen LogP contribution in [-0.2, 0) is 32.6 Å². The zero-order chi connectivity index (χ0) is 32.6. The van der Waals surface area contributed by atoms with E-state index in [9.17, 15) is 18.0 Å². The average Bonchev–Trinajstić information content (AvgIpc) is 3.01. The number of rotatable bonds is 12. The summed E-state index contributed by atoms with van der Waals surface area (Å²) in [5.74, 6) is -0.357. The lowest BCUT2D eigenvalue weighted by Crippen LogP contribution is -2.56. The van der Waals surface area contributed by atoms with Gasteiger partial charge in [0.05, 0.1) is 17.7 Å². The molecule has 1 N–H and O–H groups in total. The molecule has 4 rings (SSSR count). The fourth-order valence-corrected chi connectivity index (χ4v) is 6.70. The molecule has 0 heterocycles. The van der Waals surface area contributed by atoms with Gasteiger partial charge in [0.1, 0.15) is 18.3 Å². The molecule has 4 aromatic rings. The van der Waals surface area contributed by atoms with Crippen LogP contribution in [0.5, 0.6) is 5.75 Å². The zero-order valence-electron chi connectivity index (χ0n) is 25.8. The number of nitrogens with one attached hydrogen (secondary N) is 1. The van der Waals surface area contributed by atoms with Gasteiger partial charge in [0, 0.05) is 23.0 Å². The van der Waals surface area contributed by atoms with Gasteiger partial charge >= 0.3 is 0 Å². The highest BCUT2D eigenvalue weighted by atomic mass is 79.9. The minimum absolute atomic E-state index is 0.00445. The Kier molecular flexibility index (Phi) is 11.1. The van der Waals surface area contributed by atoms with Crippen LogP contribution in [0, 0.1) is 0 Å². The van der Waals surface area contributed by atoms with Crippen LogP contribution in [0.25, 0.3) is 0 Å². The number of anilines is 1. The largest absolute Gasteiger partial charge is 0.497 e. The molecule has 0 aromatic heterocycles. The van der Waals surface area contributed by atoms with Crippen molar-refractivity contribution in [2.24, 2.45) is 0 Å². The third-order valence-corrected chi connectivity index (χ3v) is 9.26. The number of ether oxygens (including phenoxy) is 1. The summed E-state index contributed by atoms with van der Waals surface area (Å²) in [5, 5.41) is 3.04. The molecule has 0 bridgehead atoms. The van der Waals surface area contributed by atoms with E-state index < -0.39 is 34.1 Å². The standard InChI is InChI=1S/C35H38BrN3O5S/c1-35(2,3)37-34(41)32(23-26-12-7-5-8-13-26)38(24-27-14-11-15-28(36)22-27)33(40)25-39(29-16-9-6-10-17-29)45(42,43)31-20-18-30(44-4)19-21-31/h5-22,32H,23-25H2,1-4H3,(H,37,41)/t32-/m0/s1. The van der Waals surface area contributed by atoms with E-state index in [0.29, 0.717) is 11.4 Å². The lowest BCUT2D eigenvalue weighted by Gasteiger charge is -2.35. The van der Waals surface area contributed by atoms with Crippen LogP contribution >= 0.6 is 15.9 Å². The number of sulfonamides is 1. The molecule has 0 spiro atoms. The smallest absolute Gasteiger partial charge is 0.264 e.